The highest BCUT2D eigenvalue weighted by atomic mass is 32.1. The zero-order chi connectivity index (χ0) is 25.5. The van der Waals surface area contributed by atoms with Crippen LogP contribution in [0.15, 0.2) is 72.8 Å². The number of amides is 1. The average molecular weight is 510 g/mol. The van der Waals surface area contributed by atoms with Gasteiger partial charge in [-0.1, -0.05) is 29.8 Å². The van der Waals surface area contributed by atoms with Gasteiger partial charge in [0.15, 0.2) is 11.5 Å². The maximum atomic E-state index is 13.3. The molecule has 3 aromatic carbocycles. The van der Waals surface area contributed by atoms with Crippen LogP contribution in [0, 0.1) is 6.92 Å². The molecule has 2 aromatic heterocycles. The number of hydrogen-bond donors (Lipinski definition) is 2. The summed E-state index contributed by atoms with van der Waals surface area (Å²) in [4.78, 5) is 19.3. The lowest BCUT2D eigenvalue weighted by molar-refractivity contribution is 0.103. The van der Waals surface area contributed by atoms with Crippen molar-refractivity contribution >= 4 is 38.8 Å². The number of methoxy groups -OCH3 is 1. The van der Waals surface area contributed by atoms with Crippen LogP contribution >= 0.6 is 11.3 Å². The van der Waals surface area contributed by atoms with Gasteiger partial charge in [0.2, 0.25) is 6.79 Å². The van der Waals surface area contributed by atoms with Crippen LogP contribution in [0.2, 0.25) is 0 Å². The topological polar surface area (TPSA) is 95.7 Å². The summed E-state index contributed by atoms with van der Waals surface area (Å²) in [6, 6.07) is 23.3. The molecule has 1 aliphatic heterocycles. The van der Waals surface area contributed by atoms with E-state index in [1.807, 2.05) is 37.3 Å². The third-order valence-electron chi connectivity index (χ3n) is 6.28. The Morgan fingerprint density at radius 3 is 2.46 bits per heavy atom. The van der Waals surface area contributed by atoms with Gasteiger partial charge in [-0.25, -0.2) is 4.98 Å². The second-order valence-electron chi connectivity index (χ2n) is 8.70. The lowest BCUT2D eigenvalue weighted by Gasteiger charge is -2.10. The molecule has 37 heavy (non-hydrogen) atoms. The van der Waals surface area contributed by atoms with Crippen molar-refractivity contribution in [3.63, 3.8) is 0 Å². The smallest absolute Gasteiger partial charge is 0.267 e. The molecule has 3 N–H and O–H groups in total. The summed E-state index contributed by atoms with van der Waals surface area (Å²) in [7, 11) is 1.64. The Balaban J connectivity index is 1.45. The van der Waals surface area contributed by atoms with E-state index in [0.717, 1.165) is 39.1 Å². The Labute approximate surface area is 217 Å². The first kappa shape index (κ1) is 22.9. The Morgan fingerprint density at radius 1 is 0.973 bits per heavy atom. The summed E-state index contributed by atoms with van der Waals surface area (Å²) < 4.78 is 16.1. The predicted molar refractivity (Wildman–Crippen MR) is 147 cm³/mol. The lowest BCUT2D eigenvalue weighted by atomic mass is 9.98. The van der Waals surface area contributed by atoms with Crippen LogP contribution in [0.4, 0.5) is 11.4 Å². The molecule has 3 heterocycles. The summed E-state index contributed by atoms with van der Waals surface area (Å²) in [6.07, 6.45) is 0. The number of aromatic nitrogens is 1. The number of ether oxygens (including phenoxy) is 3. The third-order valence-corrected chi connectivity index (χ3v) is 7.38. The maximum Gasteiger partial charge on any atom is 0.267 e. The normalized spacial score (nSPS) is 12.1. The molecule has 0 bridgehead atoms. The van der Waals surface area contributed by atoms with Crippen molar-refractivity contribution in [2.75, 3.05) is 25.0 Å². The Bertz CT molecular complexity index is 1640. The minimum atomic E-state index is -0.305. The van der Waals surface area contributed by atoms with Crippen molar-refractivity contribution in [2.24, 2.45) is 0 Å². The van der Waals surface area contributed by atoms with Gasteiger partial charge in [-0.05, 0) is 60.5 Å². The van der Waals surface area contributed by atoms with Crippen LogP contribution in [-0.4, -0.2) is 24.8 Å². The minimum absolute atomic E-state index is 0.167. The molecule has 0 unspecified atom stereocenters. The van der Waals surface area contributed by atoms with Crippen LogP contribution in [0.1, 0.15) is 15.2 Å². The monoisotopic (exact) mass is 509 g/mol. The molecule has 0 saturated carbocycles. The van der Waals surface area contributed by atoms with Crippen LogP contribution in [-0.2, 0) is 0 Å². The minimum Gasteiger partial charge on any atom is -0.497 e. The first-order valence-electron chi connectivity index (χ1n) is 11.7. The summed E-state index contributed by atoms with van der Waals surface area (Å²) in [6.45, 7) is 2.21. The number of pyridine rings is 1. The molecule has 6 rings (SSSR count). The number of nitrogens with two attached hydrogens (primary N) is 1. The Morgan fingerprint density at radius 2 is 1.70 bits per heavy atom. The summed E-state index contributed by atoms with van der Waals surface area (Å²) in [5.41, 5.74) is 12.4. The van der Waals surface area contributed by atoms with Gasteiger partial charge in [-0.2, -0.15) is 0 Å². The number of nitrogens with one attached hydrogen (secondary N) is 1. The van der Waals surface area contributed by atoms with Crippen LogP contribution in [0.5, 0.6) is 17.2 Å². The largest absolute Gasteiger partial charge is 0.497 e. The highest BCUT2D eigenvalue weighted by molar-refractivity contribution is 7.21. The number of nitrogens with zero attached hydrogens (tertiary/aromatic N) is 1. The van der Waals surface area contributed by atoms with E-state index < -0.39 is 0 Å². The number of fused-ring (bicyclic) bond motifs is 2. The van der Waals surface area contributed by atoms with Gasteiger partial charge in [0, 0.05) is 22.7 Å². The lowest BCUT2D eigenvalue weighted by Crippen LogP contribution is -2.11. The van der Waals surface area contributed by atoms with E-state index in [1.165, 1.54) is 11.3 Å². The first-order valence-corrected chi connectivity index (χ1v) is 12.5. The average Bonchev–Trinajstić information content (AvgIpc) is 3.52. The predicted octanol–water partition coefficient (Wildman–Crippen LogP) is 6.51. The number of rotatable bonds is 5. The van der Waals surface area contributed by atoms with Crippen LogP contribution in [0.3, 0.4) is 0 Å². The zero-order valence-electron chi connectivity index (χ0n) is 20.2. The second kappa shape index (κ2) is 9.15. The first-order chi connectivity index (χ1) is 18.0. The van der Waals surface area contributed by atoms with E-state index in [4.69, 9.17) is 24.9 Å². The summed E-state index contributed by atoms with van der Waals surface area (Å²) in [5.74, 6) is 1.71. The van der Waals surface area contributed by atoms with Crippen molar-refractivity contribution in [1.29, 1.82) is 0 Å². The van der Waals surface area contributed by atoms with Gasteiger partial charge in [0.25, 0.3) is 5.91 Å². The van der Waals surface area contributed by atoms with Gasteiger partial charge in [0.05, 0.1) is 18.5 Å². The molecule has 0 radical (unpaired) electrons. The number of carbonyl (C=O) groups is 1. The van der Waals surface area contributed by atoms with Gasteiger partial charge >= 0.3 is 0 Å². The SMILES string of the molecule is COc1ccc(-c2cc(-c3ccc(C)cc3)c3c(N)c(C(=O)Nc4ccc5c(c4)OCO5)sc3n2)cc1. The molecule has 1 aliphatic rings. The zero-order valence-corrected chi connectivity index (χ0v) is 21.0. The molecule has 0 saturated heterocycles. The second-order valence-corrected chi connectivity index (χ2v) is 9.70. The van der Waals surface area contributed by atoms with E-state index >= 15 is 0 Å². The number of thiophene rings is 1. The molecular weight excluding hydrogens is 486 g/mol. The quantitative estimate of drug-likeness (QED) is 0.280. The molecule has 0 fully saturated rings. The Kier molecular flexibility index (Phi) is 5.65. The molecule has 0 aliphatic carbocycles. The van der Waals surface area contributed by atoms with Crippen molar-refractivity contribution in [3.05, 3.63) is 83.2 Å². The molecule has 7 nitrogen and oxygen atoms in total. The molecule has 8 heteroatoms. The van der Waals surface area contributed by atoms with Crippen molar-refractivity contribution < 1.29 is 19.0 Å². The van der Waals surface area contributed by atoms with Crippen molar-refractivity contribution in [1.82, 2.24) is 4.98 Å². The van der Waals surface area contributed by atoms with Gasteiger partial charge in [-0.15, -0.1) is 11.3 Å². The number of carbonyl (C=O) groups excluding carboxylic acids is 1. The van der Waals surface area contributed by atoms with E-state index in [9.17, 15) is 4.79 Å². The molecule has 1 amide bonds. The fourth-order valence-corrected chi connectivity index (χ4v) is 5.34. The number of anilines is 2. The van der Waals surface area contributed by atoms with E-state index in [-0.39, 0.29) is 12.7 Å². The number of hydrogen-bond acceptors (Lipinski definition) is 7. The molecular formula is C29H23N3O4S. The molecule has 0 spiro atoms. The van der Waals surface area contributed by atoms with Crippen molar-refractivity contribution in [3.8, 4) is 39.6 Å². The summed E-state index contributed by atoms with van der Waals surface area (Å²) >= 11 is 1.28. The van der Waals surface area contributed by atoms with E-state index in [2.05, 4.69) is 29.6 Å². The molecule has 184 valence electrons. The van der Waals surface area contributed by atoms with Gasteiger partial charge in [0.1, 0.15) is 15.5 Å². The highest BCUT2D eigenvalue weighted by Gasteiger charge is 2.23. The molecule has 0 atom stereocenters. The van der Waals surface area contributed by atoms with E-state index in [1.54, 1.807) is 25.3 Å². The number of nitrogen functional groups attached to an aromatic ring is 1. The fraction of sp³-hybridized carbons (Fsp3) is 0.103. The molecule has 5 aromatic rings. The van der Waals surface area contributed by atoms with Crippen LogP contribution < -0.4 is 25.3 Å². The third kappa shape index (κ3) is 4.21. The summed E-state index contributed by atoms with van der Waals surface area (Å²) in [5, 5.41) is 3.70. The fourth-order valence-electron chi connectivity index (χ4n) is 4.32. The van der Waals surface area contributed by atoms with Gasteiger partial charge in [-0.3, -0.25) is 4.79 Å². The Hall–Kier alpha value is -4.56. The number of benzene rings is 3. The van der Waals surface area contributed by atoms with E-state index in [0.29, 0.717) is 32.6 Å². The van der Waals surface area contributed by atoms with Gasteiger partial charge < -0.3 is 25.3 Å². The van der Waals surface area contributed by atoms with Crippen LogP contribution in [0.25, 0.3) is 32.6 Å². The number of aryl methyl sites for hydroxylation is 1. The standard InChI is InChI=1S/C29H23N3O4S/c1-16-3-5-17(6-4-16)21-14-22(18-7-10-20(34-2)11-8-18)32-29-25(21)26(30)27(37-29)28(33)31-19-9-12-23-24(13-19)36-15-35-23/h3-14H,15,30H2,1-2H3,(H,31,33). The maximum absolute atomic E-state index is 13.3. The highest BCUT2D eigenvalue weighted by Crippen LogP contribution is 2.42. The van der Waals surface area contributed by atoms with Crippen molar-refractivity contribution in [2.45, 2.75) is 6.92 Å².